The number of cyclic esters (lactones) is 1. The fourth-order valence-corrected chi connectivity index (χ4v) is 2.26. The van der Waals surface area contributed by atoms with Crippen molar-refractivity contribution in [2.45, 2.75) is 44.5 Å². The Hall–Kier alpha value is -1.95. The second-order valence-corrected chi connectivity index (χ2v) is 6.28. The van der Waals surface area contributed by atoms with Crippen LogP contribution in [0.2, 0.25) is 0 Å². The Morgan fingerprint density at radius 2 is 2.08 bits per heavy atom. The molecule has 4 atom stereocenters. The number of rotatable bonds is 9. The number of hydrogen-bond acceptors (Lipinski definition) is 5. The van der Waals surface area contributed by atoms with E-state index in [0.29, 0.717) is 12.8 Å². The van der Waals surface area contributed by atoms with Gasteiger partial charge in [0.25, 0.3) is 0 Å². The third kappa shape index (κ3) is 8.63. The number of esters is 1. The summed E-state index contributed by atoms with van der Waals surface area (Å²) in [5, 5.41) is 29.2. The van der Waals surface area contributed by atoms with E-state index >= 15 is 0 Å². The van der Waals surface area contributed by atoms with Crippen molar-refractivity contribution >= 4 is 5.97 Å². The number of carbonyl (C=O) groups excluding carboxylic acids is 1. The lowest BCUT2D eigenvalue weighted by atomic mass is 9.85. The van der Waals surface area contributed by atoms with Gasteiger partial charge in [0.2, 0.25) is 0 Å². The van der Waals surface area contributed by atoms with Crippen LogP contribution in [0, 0.1) is 5.92 Å². The molecule has 0 aliphatic carbocycles. The van der Waals surface area contributed by atoms with Gasteiger partial charge in [0.15, 0.2) is 0 Å². The van der Waals surface area contributed by atoms with Gasteiger partial charge in [-0.25, -0.2) is 4.79 Å². The molecule has 1 rings (SSSR count). The summed E-state index contributed by atoms with van der Waals surface area (Å²) in [6.45, 7) is 3.52. The van der Waals surface area contributed by atoms with Gasteiger partial charge in [-0.3, -0.25) is 0 Å². The molecule has 5 nitrogen and oxygen atoms in total. The molecule has 0 unspecified atom stereocenters. The van der Waals surface area contributed by atoms with Crippen molar-refractivity contribution in [3.05, 3.63) is 60.8 Å². The summed E-state index contributed by atoms with van der Waals surface area (Å²) in [6, 6.07) is 0. The predicted octanol–water partition coefficient (Wildman–Crippen LogP) is 2.21. The van der Waals surface area contributed by atoms with Gasteiger partial charge in [-0.2, -0.15) is 0 Å². The lowest BCUT2D eigenvalue weighted by Crippen LogP contribution is -2.33. The van der Waals surface area contributed by atoms with Crippen LogP contribution in [0.1, 0.15) is 26.7 Å². The van der Waals surface area contributed by atoms with Gasteiger partial charge in [0, 0.05) is 12.5 Å². The minimum atomic E-state index is -1.12. The number of allylic oxidation sites excluding steroid dienone is 4. The van der Waals surface area contributed by atoms with Crippen molar-refractivity contribution in [2.24, 2.45) is 5.92 Å². The van der Waals surface area contributed by atoms with E-state index in [1.165, 1.54) is 6.08 Å². The zero-order valence-corrected chi connectivity index (χ0v) is 14.8. The molecule has 0 aromatic rings. The third-order valence-corrected chi connectivity index (χ3v) is 4.04. The highest BCUT2D eigenvalue weighted by Gasteiger charge is 2.27. The van der Waals surface area contributed by atoms with Crippen LogP contribution in [0.15, 0.2) is 60.8 Å². The monoisotopic (exact) mass is 348 g/mol. The molecule has 0 fully saturated rings. The minimum absolute atomic E-state index is 0.00681. The van der Waals surface area contributed by atoms with Gasteiger partial charge in [-0.15, -0.1) is 0 Å². The molecule has 138 valence electrons. The van der Waals surface area contributed by atoms with Crippen LogP contribution < -0.4 is 0 Å². The number of carbonyl (C=O) groups is 1. The summed E-state index contributed by atoms with van der Waals surface area (Å²) < 4.78 is 5.12. The summed E-state index contributed by atoms with van der Waals surface area (Å²) in [6.07, 6.45) is 16.6. The minimum Gasteiger partial charge on any atom is -0.455 e. The summed E-state index contributed by atoms with van der Waals surface area (Å²) in [4.78, 5) is 11.2. The number of hydrogen-bond donors (Lipinski definition) is 3. The Morgan fingerprint density at radius 1 is 1.36 bits per heavy atom. The van der Waals surface area contributed by atoms with Crippen LogP contribution in [0.5, 0.6) is 0 Å². The SMILES string of the molecule is C[C@H](C[C@@H](O)\C=C/C=C\C=C\CO)[C@](C)(O)/C=C/[C@H]1CC=CC(=O)O1. The first-order valence-electron chi connectivity index (χ1n) is 8.43. The normalized spacial score (nSPS) is 23.6. The zero-order chi connectivity index (χ0) is 18.7. The van der Waals surface area contributed by atoms with Crippen LogP contribution in [0.25, 0.3) is 0 Å². The molecular formula is C20H28O5. The van der Waals surface area contributed by atoms with E-state index in [1.807, 2.05) is 6.92 Å². The lowest BCUT2D eigenvalue weighted by molar-refractivity contribution is -0.141. The molecule has 0 saturated heterocycles. The second kappa shape index (κ2) is 10.8. The third-order valence-electron chi connectivity index (χ3n) is 4.04. The summed E-state index contributed by atoms with van der Waals surface area (Å²) >= 11 is 0. The first-order chi connectivity index (χ1) is 11.8. The van der Waals surface area contributed by atoms with Crippen molar-refractivity contribution in [3.63, 3.8) is 0 Å². The fraction of sp³-hybridized carbons (Fsp3) is 0.450. The van der Waals surface area contributed by atoms with Gasteiger partial charge >= 0.3 is 5.97 Å². The highest BCUT2D eigenvalue weighted by molar-refractivity contribution is 5.82. The molecule has 1 heterocycles. The van der Waals surface area contributed by atoms with E-state index in [2.05, 4.69) is 0 Å². The van der Waals surface area contributed by atoms with E-state index < -0.39 is 11.7 Å². The summed E-state index contributed by atoms with van der Waals surface area (Å²) in [7, 11) is 0. The van der Waals surface area contributed by atoms with Gasteiger partial charge in [0.1, 0.15) is 6.10 Å². The molecule has 1 aliphatic rings. The highest BCUT2D eigenvalue weighted by Crippen LogP contribution is 2.24. The fourth-order valence-electron chi connectivity index (χ4n) is 2.26. The molecule has 3 N–H and O–H groups in total. The molecule has 0 bridgehead atoms. The largest absolute Gasteiger partial charge is 0.455 e. The van der Waals surface area contributed by atoms with Crippen molar-refractivity contribution in [2.75, 3.05) is 6.61 Å². The van der Waals surface area contributed by atoms with Crippen LogP contribution in [0.4, 0.5) is 0 Å². The Balaban J connectivity index is 2.50. The van der Waals surface area contributed by atoms with E-state index in [0.717, 1.165) is 0 Å². The van der Waals surface area contributed by atoms with Crippen LogP contribution in [0.3, 0.4) is 0 Å². The predicted molar refractivity (Wildman–Crippen MR) is 97.7 cm³/mol. The molecule has 5 heteroatoms. The molecule has 0 amide bonds. The van der Waals surface area contributed by atoms with E-state index in [9.17, 15) is 15.0 Å². The van der Waals surface area contributed by atoms with Gasteiger partial charge < -0.3 is 20.1 Å². The molecule has 0 radical (unpaired) electrons. The van der Waals surface area contributed by atoms with E-state index in [-0.39, 0.29) is 24.6 Å². The molecular weight excluding hydrogens is 320 g/mol. The topological polar surface area (TPSA) is 87.0 Å². The van der Waals surface area contributed by atoms with Gasteiger partial charge in [0.05, 0.1) is 18.3 Å². The van der Waals surface area contributed by atoms with E-state index in [4.69, 9.17) is 9.84 Å². The van der Waals surface area contributed by atoms with Gasteiger partial charge in [-0.05, 0) is 25.3 Å². The quantitative estimate of drug-likeness (QED) is 0.338. The smallest absolute Gasteiger partial charge is 0.331 e. The molecule has 0 aromatic heterocycles. The Morgan fingerprint density at radius 3 is 2.76 bits per heavy atom. The molecule has 25 heavy (non-hydrogen) atoms. The van der Waals surface area contributed by atoms with Crippen LogP contribution in [-0.2, 0) is 9.53 Å². The maximum atomic E-state index is 11.2. The zero-order valence-electron chi connectivity index (χ0n) is 14.8. The number of ether oxygens (including phenoxy) is 1. The van der Waals surface area contributed by atoms with Crippen LogP contribution in [-0.4, -0.2) is 45.7 Å². The number of aliphatic hydroxyl groups is 3. The van der Waals surface area contributed by atoms with Gasteiger partial charge in [-0.1, -0.05) is 55.5 Å². The van der Waals surface area contributed by atoms with Crippen molar-refractivity contribution < 1.29 is 24.9 Å². The average molecular weight is 348 g/mol. The second-order valence-electron chi connectivity index (χ2n) is 6.28. The summed E-state index contributed by atoms with van der Waals surface area (Å²) in [5.74, 6) is -0.576. The average Bonchev–Trinajstić information content (AvgIpc) is 2.56. The number of aliphatic hydroxyl groups excluding tert-OH is 2. The maximum absolute atomic E-state index is 11.2. The van der Waals surface area contributed by atoms with E-state index in [1.54, 1.807) is 61.6 Å². The van der Waals surface area contributed by atoms with Crippen LogP contribution >= 0.6 is 0 Å². The molecule has 0 saturated carbocycles. The first kappa shape index (κ1) is 21.1. The molecule has 0 aromatic carbocycles. The summed E-state index contributed by atoms with van der Waals surface area (Å²) in [5.41, 5.74) is -1.12. The van der Waals surface area contributed by atoms with Crippen molar-refractivity contribution in [1.29, 1.82) is 0 Å². The lowest BCUT2D eigenvalue weighted by Gasteiger charge is -2.29. The Labute approximate surface area is 149 Å². The van der Waals surface area contributed by atoms with Crippen molar-refractivity contribution in [1.82, 2.24) is 0 Å². The maximum Gasteiger partial charge on any atom is 0.331 e. The Kier molecular flexibility index (Phi) is 9.13. The standard InChI is InChI=1S/C20H28O5/c1-16(15-17(22)9-6-4-3-5-7-14-21)20(2,24)13-12-18-10-8-11-19(23)25-18/h3-9,11-13,16-18,21-22,24H,10,14-15H2,1-2H3/b4-3-,7-5+,9-6-,13-12+/t16-,17+,18-,20-/m1/s1. The molecule has 1 aliphatic heterocycles. The van der Waals surface area contributed by atoms with Crippen molar-refractivity contribution in [3.8, 4) is 0 Å². The Bertz CT molecular complexity index is 554. The molecule has 0 spiro atoms. The first-order valence-corrected chi connectivity index (χ1v) is 8.43. The highest BCUT2D eigenvalue weighted by atomic mass is 16.5.